The van der Waals surface area contributed by atoms with E-state index in [1.165, 1.54) is 11.0 Å². The maximum atomic E-state index is 10.8. The second-order valence-electron chi connectivity index (χ2n) is 6.15. The number of aliphatic carboxylic acids is 1. The van der Waals surface area contributed by atoms with Gasteiger partial charge in [-0.1, -0.05) is 41.9 Å². The Bertz CT molecular complexity index is 664. The summed E-state index contributed by atoms with van der Waals surface area (Å²) in [5, 5.41) is 8.88. The van der Waals surface area contributed by atoms with Crippen molar-refractivity contribution < 1.29 is 14.6 Å². The summed E-state index contributed by atoms with van der Waals surface area (Å²) in [7, 11) is 2.07. The Hall–Kier alpha value is -2.27. The van der Waals surface area contributed by atoms with E-state index in [9.17, 15) is 4.79 Å². The van der Waals surface area contributed by atoms with Gasteiger partial charge in [0.15, 0.2) is 0 Å². The summed E-state index contributed by atoms with van der Waals surface area (Å²) in [6.07, 6.45) is 0. The number of carbonyl (C=O) groups is 1. The second kappa shape index (κ2) is 6.88. The number of carboxylic acid groups (broad SMARTS) is 1. The van der Waals surface area contributed by atoms with Gasteiger partial charge in [-0.3, -0.25) is 9.69 Å². The highest BCUT2D eigenvalue weighted by molar-refractivity contribution is 6.32. The first kappa shape index (κ1) is 15.6. The van der Waals surface area contributed by atoms with Crippen LogP contribution < -0.4 is 10.2 Å². The smallest absolute Gasteiger partial charge is 0.309 e. The van der Waals surface area contributed by atoms with Crippen molar-refractivity contribution in [3.63, 3.8) is 0 Å². The maximum Gasteiger partial charge on any atom is 0.309 e. The first-order valence-corrected chi connectivity index (χ1v) is 7.82. The molecule has 1 aliphatic heterocycles. The first-order valence-electron chi connectivity index (χ1n) is 7.82. The minimum Gasteiger partial charge on any atom is -0.489 e. The molecule has 0 spiro atoms. The van der Waals surface area contributed by atoms with E-state index in [1.54, 1.807) is 0 Å². The normalized spacial score (nSPS) is 15.1. The number of hydrogen-bond acceptors (Lipinski definition) is 3. The van der Waals surface area contributed by atoms with Crippen LogP contribution in [0.2, 0.25) is 0 Å². The van der Waals surface area contributed by atoms with Gasteiger partial charge in [0.05, 0.1) is 5.92 Å². The van der Waals surface area contributed by atoms with Crippen molar-refractivity contribution >= 4 is 19.3 Å². The summed E-state index contributed by atoms with van der Waals surface area (Å²) < 4.78 is 5.79. The summed E-state index contributed by atoms with van der Waals surface area (Å²) >= 11 is 0. The van der Waals surface area contributed by atoms with E-state index in [-0.39, 0.29) is 5.92 Å². The topological polar surface area (TPSA) is 49.8 Å². The van der Waals surface area contributed by atoms with Crippen LogP contribution >= 0.6 is 0 Å². The number of ether oxygens (including phenoxy) is 1. The average molecular weight is 309 g/mol. The molecule has 0 bridgehead atoms. The molecule has 118 valence electrons. The largest absolute Gasteiger partial charge is 0.489 e. The zero-order valence-corrected chi connectivity index (χ0v) is 13.2. The number of nitrogens with zero attached hydrogens (tertiary/aromatic N) is 1. The Kier molecular flexibility index (Phi) is 4.67. The van der Waals surface area contributed by atoms with E-state index in [0.29, 0.717) is 19.7 Å². The fourth-order valence-corrected chi connectivity index (χ4v) is 2.66. The molecule has 1 fully saturated rings. The lowest BCUT2D eigenvalue weighted by atomic mass is 9.95. The molecule has 0 unspecified atom stereocenters. The van der Waals surface area contributed by atoms with E-state index in [4.69, 9.17) is 9.84 Å². The molecule has 3 rings (SSSR count). The third kappa shape index (κ3) is 4.14. The number of rotatable bonds is 6. The maximum absolute atomic E-state index is 10.8. The molecule has 0 atom stereocenters. The summed E-state index contributed by atoms with van der Waals surface area (Å²) in [5.74, 6) is -0.0467. The standard InChI is InChI=1S/C18H20BNO3/c19-16-5-1-14(2-6-16)12-23-17-7-3-13(4-8-17)9-20-10-15(11-20)18(21)22/h1-8,15H,9-12,19H2,(H,21,22). The minimum atomic E-state index is -0.693. The molecule has 1 saturated heterocycles. The highest BCUT2D eigenvalue weighted by atomic mass is 16.5. The highest BCUT2D eigenvalue weighted by Crippen LogP contribution is 2.20. The van der Waals surface area contributed by atoms with Crippen LogP contribution in [0.25, 0.3) is 0 Å². The molecule has 2 aromatic rings. The van der Waals surface area contributed by atoms with E-state index >= 15 is 0 Å². The Morgan fingerprint density at radius 2 is 1.70 bits per heavy atom. The van der Waals surface area contributed by atoms with Gasteiger partial charge in [-0.15, -0.1) is 0 Å². The van der Waals surface area contributed by atoms with Gasteiger partial charge in [-0.05, 0) is 23.3 Å². The zero-order chi connectivity index (χ0) is 16.2. The van der Waals surface area contributed by atoms with Crippen LogP contribution in [-0.4, -0.2) is 36.9 Å². The number of carboxylic acids is 1. The van der Waals surface area contributed by atoms with Gasteiger partial charge in [0, 0.05) is 19.6 Å². The first-order chi connectivity index (χ1) is 11.1. The molecule has 0 radical (unpaired) electrons. The van der Waals surface area contributed by atoms with Gasteiger partial charge in [0.1, 0.15) is 20.2 Å². The molecule has 1 aliphatic rings. The lowest BCUT2D eigenvalue weighted by Crippen LogP contribution is -2.49. The monoisotopic (exact) mass is 309 g/mol. The van der Waals surface area contributed by atoms with E-state index in [1.807, 2.05) is 24.3 Å². The molecule has 0 aliphatic carbocycles. The van der Waals surface area contributed by atoms with Crippen LogP contribution in [0.1, 0.15) is 11.1 Å². The zero-order valence-electron chi connectivity index (χ0n) is 13.2. The molecule has 5 heteroatoms. The van der Waals surface area contributed by atoms with Crippen molar-refractivity contribution in [1.29, 1.82) is 0 Å². The third-order valence-corrected chi connectivity index (χ3v) is 4.16. The van der Waals surface area contributed by atoms with Crippen molar-refractivity contribution in [3.8, 4) is 5.75 Å². The van der Waals surface area contributed by atoms with Crippen molar-refractivity contribution in [2.24, 2.45) is 5.92 Å². The predicted octanol–water partition coefficient (Wildman–Crippen LogP) is 1.04. The van der Waals surface area contributed by atoms with Crippen molar-refractivity contribution in [2.75, 3.05) is 13.1 Å². The fourth-order valence-electron chi connectivity index (χ4n) is 2.66. The summed E-state index contributed by atoms with van der Waals surface area (Å²) in [4.78, 5) is 12.9. The Morgan fingerprint density at radius 1 is 1.09 bits per heavy atom. The Morgan fingerprint density at radius 3 is 2.30 bits per heavy atom. The van der Waals surface area contributed by atoms with Gasteiger partial charge in [0.2, 0.25) is 0 Å². The summed E-state index contributed by atoms with van der Waals surface area (Å²) in [5.41, 5.74) is 3.57. The lowest BCUT2D eigenvalue weighted by Gasteiger charge is -2.36. The molecule has 4 nitrogen and oxygen atoms in total. The van der Waals surface area contributed by atoms with Gasteiger partial charge < -0.3 is 9.84 Å². The van der Waals surface area contributed by atoms with Crippen molar-refractivity contribution in [3.05, 3.63) is 59.7 Å². The van der Waals surface area contributed by atoms with Crippen LogP contribution in [-0.2, 0) is 17.9 Å². The Labute approximate surface area is 137 Å². The lowest BCUT2D eigenvalue weighted by molar-refractivity contribution is -0.147. The molecule has 0 aromatic heterocycles. The molecule has 1 heterocycles. The molecular formula is C18H20BNO3. The number of likely N-dealkylation sites (tertiary alicyclic amines) is 1. The van der Waals surface area contributed by atoms with E-state index in [0.717, 1.165) is 17.9 Å². The SMILES string of the molecule is Bc1ccc(COc2ccc(CN3CC(C(=O)O)C3)cc2)cc1. The van der Waals surface area contributed by atoms with Gasteiger partial charge in [-0.25, -0.2) is 0 Å². The predicted molar refractivity (Wildman–Crippen MR) is 91.8 cm³/mol. The minimum absolute atomic E-state index is 0.202. The number of hydrogen-bond donors (Lipinski definition) is 1. The quantitative estimate of drug-likeness (QED) is 0.810. The number of benzene rings is 2. The second-order valence-corrected chi connectivity index (χ2v) is 6.15. The molecule has 23 heavy (non-hydrogen) atoms. The van der Waals surface area contributed by atoms with E-state index < -0.39 is 5.97 Å². The fraction of sp³-hybridized carbons (Fsp3) is 0.278. The molecular weight excluding hydrogens is 289 g/mol. The van der Waals surface area contributed by atoms with Gasteiger partial charge in [-0.2, -0.15) is 0 Å². The van der Waals surface area contributed by atoms with Crippen LogP contribution in [0.15, 0.2) is 48.5 Å². The summed E-state index contributed by atoms with van der Waals surface area (Å²) in [6.45, 7) is 2.64. The van der Waals surface area contributed by atoms with Crippen molar-refractivity contribution in [1.82, 2.24) is 4.90 Å². The van der Waals surface area contributed by atoms with Crippen LogP contribution in [0, 0.1) is 5.92 Å². The highest BCUT2D eigenvalue weighted by Gasteiger charge is 2.31. The van der Waals surface area contributed by atoms with E-state index in [2.05, 4.69) is 37.0 Å². The Balaban J connectivity index is 1.47. The van der Waals surface area contributed by atoms with Crippen LogP contribution in [0.3, 0.4) is 0 Å². The molecule has 0 amide bonds. The van der Waals surface area contributed by atoms with Gasteiger partial charge >= 0.3 is 5.97 Å². The van der Waals surface area contributed by atoms with Crippen LogP contribution in [0.5, 0.6) is 5.75 Å². The molecule has 2 aromatic carbocycles. The third-order valence-electron chi connectivity index (χ3n) is 4.16. The average Bonchev–Trinajstić information content (AvgIpc) is 2.51. The van der Waals surface area contributed by atoms with Crippen molar-refractivity contribution in [2.45, 2.75) is 13.2 Å². The van der Waals surface area contributed by atoms with Crippen LogP contribution in [0.4, 0.5) is 0 Å². The summed E-state index contributed by atoms with van der Waals surface area (Å²) in [6, 6.07) is 16.3. The van der Waals surface area contributed by atoms with Gasteiger partial charge in [0.25, 0.3) is 0 Å². The molecule has 1 N–H and O–H groups in total. The molecule has 0 saturated carbocycles.